The molecule has 5 heteroatoms. The third-order valence-corrected chi connectivity index (χ3v) is 4.93. The van der Waals surface area contributed by atoms with Crippen molar-refractivity contribution in [2.24, 2.45) is 5.92 Å². The van der Waals surface area contributed by atoms with Gasteiger partial charge in [0.15, 0.2) is 12.4 Å². The van der Waals surface area contributed by atoms with Crippen molar-refractivity contribution in [2.75, 3.05) is 11.9 Å². The summed E-state index contributed by atoms with van der Waals surface area (Å²) < 4.78 is 7.76. The molecule has 2 aromatic carbocycles. The van der Waals surface area contributed by atoms with Gasteiger partial charge in [-0.15, -0.1) is 0 Å². The van der Waals surface area contributed by atoms with E-state index in [9.17, 15) is 9.59 Å². The fraction of sp³-hybridized carbons (Fsp3) is 0.333. The van der Waals surface area contributed by atoms with E-state index in [1.165, 1.54) is 6.07 Å². The van der Waals surface area contributed by atoms with Gasteiger partial charge in [0.1, 0.15) is 0 Å². The zero-order valence-electron chi connectivity index (χ0n) is 17.3. The molecule has 1 amide bonds. The van der Waals surface area contributed by atoms with Gasteiger partial charge in [-0.25, -0.2) is 0 Å². The number of rotatable bonds is 8. The molecule has 29 heavy (non-hydrogen) atoms. The molecule has 1 aromatic heterocycles. The number of pyridine rings is 1. The lowest BCUT2D eigenvalue weighted by molar-refractivity contribution is -0.118. The standard InChI is InChI=1S/C24H28N2O3/c1-4-21-24(22(27)13-15-26(21)14-12-17(2)3)29-16-23(28)25-20-11-7-9-18-8-5-6-10-19(18)20/h5-11,13,15,17H,4,12,14,16H2,1-3H3,(H,25,28). The number of hydrogen-bond donors (Lipinski definition) is 1. The first-order valence-corrected chi connectivity index (χ1v) is 10.1. The molecule has 1 N–H and O–H groups in total. The summed E-state index contributed by atoms with van der Waals surface area (Å²) in [4.78, 5) is 24.9. The summed E-state index contributed by atoms with van der Waals surface area (Å²) in [7, 11) is 0. The highest BCUT2D eigenvalue weighted by atomic mass is 16.5. The minimum absolute atomic E-state index is 0.194. The predicted molar refractivity (Wildman–Crippen MR) is 118 cm³/mol. The summed E-state index contributed by atoms with van der Waals surface area (Å²) >= 11 is 0. The molecule has 0 aliphatic rings. The number of amides is 1. The molecule has 0 saturated carbocycles. The van der Waals surface area contributed by atoms with Gasteiger partial charge in [0, 0.05) is 29.9 Å². The van der Waals surface area contributed by atoms with E-state index in [2.05, 4.69) is 23.7 Å². The van der Waals surface area contributed by atoms with Crippen molar-refractivity contribution in [1.29, 1.82) is 0 Å². The largest absolute Gasteiger partial charge is 0.478 e. The van der Waals surface area contributed by atoms with Crippen LogP contribution in [0.4, 0.5) is 5.69 Å². The van der Waals surface area contributed by atoms with Crippen LogP contribution in [0.15, 0.2) is 59.5 Å². The summed E-state index contributed by atoms with van der Waals surface area (Å²) in [6.07, 6.45) is 3.48. The molecule has 0 fully saturated rings. The van der Waals surface area contributed by atoms with Crippen LogP contribution in [0.2, 0.25) is 0 Å². The second kappa shape index (κ2) is 9.41. The summed E-state index contributed by atoms with van der Waals surface area (Å²) in [5.74, 6) is 0.544. The van der Waals surface area contributed by atoms with Crippen LogP contribution >= 0.6 is 0 Å². The van der Waals surface area contributed by atoms with Crippen LogP contribution in [-0.4, -0.2) is 17.1 Å². The van der Waals surface area contributed by atoms with E-state index in [0.717, 1.165) is 35.1 Å². The Hall–Kier alpha value is -3.08. The van der Waals surface area contributed by atoms with Gasteiger partial charge >= 0.3 is 0 Å². The second-order valence-electron chi connectivity index (χ2n) is 7.55. The number of aromatic nitrogens is 1. The predicted octanol–water partition coefficient (Wildman–Crippen LogP) is 4.63. The van der Waals surface area contributed by atoms with Gasteiger partial charge in [-0.1, -0.05) is 57.2 Å². The molecule has 0 saturated heterocycles. The average molecular weight is 392 g/mol. The summed E-state index contributed by atoms with van der Waals surface area (Å²) in [5, 5.41) is 4.91. The molecule has 0 aliphatic carbocycles. The van der Waals surface area contributed by atoms with Crippen LogP contribution in [0.25, 0.3) is 10.8 Å². The lowest BCUT2D eigenvalue weighted by Crippen LogP contribution is -2.24. The SMILES string of the molecule is CCc1c(OCC(=O)Nc2cccc3ccccc23)c(=O)ccn1CCC(C)C. The number of aryl methyl sites for hydroxylation is 1. The molecule has 0 spiro atoms. The van der Waals surface area contributed by atoms with Crippen LogP contribution in [-0.2, 0) is 17.8 Å². The summed E-state index contributed by atoms with van der Waals surface area (Å²) in [5.41, 5.74) is 1.37. The van der Waals surface area contributed by atoms with E-state index in [1.54, 1.807) is 0 Å². The maximum Gasteiger partial charge on any atom is 0.262 e. The van der Waals surface area contributed by atoms with Gasteiger partial charge in [0.25, 0.3) is 5.91 Å². The fourth-order valence-corrected chi connectivity index (χ4v) is 3.38. The quantitative estimate of drug-likeness (QED) is 0.608. The smallest absolute Gasteiger partial charge is 0.262 e. The number of fused-ring (bicyclic) bond motifs is 1. The molecule has 0 atom stereocenters. The first kappa shape index (κ1) is 20.6. The normalized spacial score (nSPS) is 11.0. The first-order valence-electron chi connectivity index (χ1n) is 10.1. The van der Waals surface area contributed by atoms with E-state index >= 15 is 0 Å². The third-order valence-electron chi connectivity index (χ3n) is 4.93. The van der Waals surface area contributed by atoms with E-state index in [1.807, 2.05) is 55.6 Å². The highest BCUT2D eigenvalue weighted by molar-refractivity contribution is 6.02. The maximum atomic E-state index is 12.5. The molecular weight excluding hydrogens is 364 g/mol. The number of carbonyl (C=O) groups excluding carboxylic acids is 1. The molecule has 3 rings (SSSR count). The number of benzene rings is 2. The Bertz CT molecular complexity index is 1050. The first-order chi connectivity index (χ1) is 14.0. The highest BCUT2D eigenvalue weighted by Gasteiger charge is 2.14. The maximum absolute atomic E-state index is 12.5. The van der Waals surface area contributed by atoms with Crippen molar-refractivity contribution >= 4 is 22.4 Å². The van der Waals surface area contributed by atoms with Crippen molar-refractivity contribution in [3.05, 3.63) is 70.6 Å². The zero-order valence-corrected chi connectivity index (χ0v) is 17.3. The Kier molecular flexibility index (Phi) is 6.70. The molecule has 1 heterocycles. The Labute approximate surface area is 171 Å². The van der Waals surface area contributed by atoms with Crippen molar-refractivity contribution in [3.63, 3.8) is 0 Å². The number of anilines is 1. The van der Waals surface area contributed by atoms with Gasteiger partial charge in [0.2, 0.25) is 5.43 Å². The van der Waals surface area contributed by atoms with Gasteiger partial charge in [-0.2, -0.15) is 0 Å². The Morgan fingerprint density at radius 1 is 1.10 bits per heavy atom. The van der Waals surface area contributed by atoms with Crippen LogP contribution in [0.3, 0.4) is 0 Å². The Balaban J connectivity index is 1.74. The van der Waals surface area contributed by atoms with E-state index in [4.69, 9.17) is 4.74 Å². The molecule has 0 aliphatic heterocycles. The average Bonchev–Trinajstić information content (AvgIpc) is 2.71. The minimum atomic E-state index is -0.291. The minimum Gasteiger partial charge on any atom is -0.478 e. The number of hydrogen-bond acceptors (Lipinski definition) is 3. The van der Waals surface area contributed by atoms with Crippen LogP contribution in [0.5, 0.6) is 5.75 Å². The van der Waals surface area contributed by atoms with E-state index < -0.39 is 0 Å². The summed E-state index contributed by atoms with van der Waals surface area (Å²) in [6, 6.07) is 15.1. The molecule has 3 aromatic rings. The molecule has 0 radical (unpaired) electrons. The topological polar surface area (TPSA) is 60.3 Å². The van der Waals surface area contributed by atoms with Gasteiger partial charge in [-0.05, 0) is 30.2 Å². The van der Waals surface area contributed by atoms with Gasteiger partial charge < -0.3 is 14.6 Å². The van der Waals surface area contributed by atoms with Crippen LogP contribution < -0.4 is 15.5 Å². The van der Waals surface area contributed by atoms with Gasteiger partial charge in [0.05, 0.1) is 5.69 Å². The van der Waals surface area contributed by atoms with Crippen molar-refractivity contribution in [3.8, 4) is 5.75 Å². The Morgan fingerprint density at radius 2 is 1.86 bits per heavy atom. The molecular formula is C24H28N2O3. The number of carbonyl (C=O) groups is 1. The Morgan fingerprint density at radius 3 is 2.62 bits per heavy atom. The zero-order chi connectivity index (χ0) is 20.8. The fourth-order valence-electron chi connectivity index (χ4n) is 3.38. The number of nitrogens with zero attached hydrogens (tertiary/aromatic N) is 1. The number of ether oxygens (including phenoxy) is 1. The number of nitrogens with one attached hydrogen (secondary N) is 1. The molecule has 152 valence electrons. The third kappa shape index (κ3) is 5.05. The van der Waals surface area contributed by atoms with Crippen LogP contribution in [0, 0.1) is 5.92 Å². The van der Waals surface area contributed by atoms with Crippen molar-refractivity contribution in [1.82, 2.24) is 4.57 Å². The molecule has 0 unspecified atom stereocenters. The van der Waals surface area contributed by atoms with E-state index in [0.29, 0.717) is 12.3 Å². The second-order valence-corrected chi connectivity index (χ2v) is 7.55. The summed E-state index contributed by atoms with van der Waals surface area (Å²) in [6.45, 7) is 6.94. The van der Waals surface area contributed by atoms with E-state index in [-0.39, 0.29) is 23.7 Å². The lowest BCUT2D eigenvalue weighted by Gasteiger charge is -2.17. The molecule has 0 bridgehead atoms. The molecule has 5 nitrogen and oxygen atoms in total. The highest BCUT2D eigenvalue weighted by Crippen LogP contribution is 2.23. The lowest BCUT2D eigenvalue weighted by atomic mass is 10.1. The van der Waals surface area contributed by atoms with Crippen molar-refractivity contribution in [2.45, 2.75) is 40.2 Å². The van der Waals surface area contributed by atoms with Crippen LogP contribution in [0.1, 0.15) is 32.9 Å². The van der Waals surface area contributed by atoms with Gasteiger partial charge in [-0.3, -0.25) is 9.59 Å². The van der Waals surface area contributed by atoms with Crippen molar-refractivity contribution < 1.29 is 9.53 Å². The monoisotopic (exact) mass is 392 g/mol.